The molecule has 120 valence electrons. The Morgan fingerprint density at radius 2 is 1.30 bits per heavy atom. The molecule has 3 nitrogen and oxygen atoms in total. The Kier molecular flexibility index (Phi) is 7.97. The van der Waals surface area contributed by atoms with Crippen LogP contribution >= 0.6 is 0 Å². The largest absolute Gasteiger partial charge is 0.417 e. The lowest BCUT2D eigenvalue weighted by Gasteiger charge is -2.41. The Morgan fingerprint density at radius 1 is 0.800 bits per heavy atom. The quantitative estimate of drug-likeness (QED) is 0.581. The zero-order valence-corrected chi connectivity index (χ0v) is 16.2. The average molecular weight is 319 g/mol. The van der Waals surface area contributed by atoms with Crippen LogP contribution in [0.3, 0.4) is 0 Å². The molecule has 0 N–H and O–H groups in total. The molecule has 0 aromatic rings. The fraction of sp³-hybridized carbons (Fsp3) is 1.00. The molecular formula is C15H34O3Si2. The highest BCUT2D eigenvalue weighted by Gasteiger charge is 2.47. The highest BCUT2D eigenvalue weighted by atomic mass is 28.4. The van der Waals surface area contributed by atoms with Crippen molar-refractivity contribution in [3.05, 3.63) is 0 Å². The van der Waals surface area contributed by atoms with Crippen LogP contribution in [-0.4, -0.2) is 36.7 Å². The van der Waals surface area contributed by atoms with Gasteiger partial charge >= 0.3 is 8.56 Å². The second-order valence-corrected chi connectivity index (χ2v) is 14.2. The van der Waals surface area contributed by atoms with Crippen molar-refractivity contribution in [1.82, 2.24) is 0 Å². The molecule has 0 saturated heterocycles. The summed E-state index contributed by atoms with van der Waals surface area (Å²) in [6.45, 7) is 13.3. The van der Waals surface area contributed by atoms with E-state index in [1.54, 1.807) is 0 Å². The molecule has 1 rings (SSSR count). The van der Waals surface area contributed by atoms with Crippen LogP contribution in [0.2, 0.25) is 24.3 Å². The van der Waals surface area contributed by atoms with Crippen molar-refractivity contribution in [2.24, 2.45) is 0 Å². The first-order chi connectivity index (χ1) is 9.49. The van der Waals surface area contributed by atoms with E-state index in [0.29, 0.717) is 0 Å². The molecule has 1 saturated carbocycles. The zero-order valence-electron chi connectivity index (χ0n) is 14.2. The Bertz CT molecular complexity index is 264. The average Bonchev–Trinajstić information content (AvgIpc) is 2.40. The van der Waals surface area contributed by atoms with Gasteiger partial charge < -0.3 is 13.3 Å². The minimum atomic E-state index is -2.07. The van der Waals surface area contributed by atoms with Crippen molar-refractivity contribution < 1.29 is 13.3 Å². The summed E-state index contributed by atoms with van der Waals surface area (Å²) in [6, 6.07) is 0. The van der Waals surface area contributed by atoms with E-state index in [-0.39, 0.29) is 0 Å². The van der Waals surface area contributed by atoms with Gasteiger partial charge in [-0.1, -0.05) is 32.1 Å². The van der Waals surface area contributed by atoms with E-state index in [0.717, 1.165) is 31.0 Å². The summed E-state index contributed by atoms with van der Waals surface area (Å²) in [5.41, 5.74) is 1.88. The number of hydrogen-bond donors (Lipinski definition) is 0. The Labute approximate surface area is 127 Å². The van der Waals surface area contributed by atoms with Gasteiger partial charge in [-0.3, -0.25) is 0 Å². The van der Waals surface area contributed by atoms with Crippen molar-refractivity contribution in [3.63, 3.8) is 0 Å². The predicted molar refractivity (Wildman–Crippen MR) is 89.8 cm³/mol. The third-order valence-corrected chi connectivity index (χ3v) is 14.9. The summed E-state index contributed by atoms with van der Waals surface area (Å²) < 4.78 is 18.5. The first-order valence-electron chi connectivity index (χ1n) is 8.41. The second kappa shape index (κ2) is 8.68. The summed E-state index contributed by atoms with van der Waals surface area (Å²) in [5.74, 6) is 0. The lowest BCUT2D eigenvalue weighted by molar-refractivity contribution is 0.189. The molecule has 0 bridgehead atoms. The van der Waals surface area contributed by atoms with E-state index in [9.17, 15) is 0 Å². The van der Waals surface area contributed by atoms with Crippen molar-refractivity contribution >= 4 is 16.9 Å². The highest BCUT2D eigenvalue weighted by Crippen LogP contribution is 2.41. The van der Waals surface area contributed by atoms with Gasteiger partial charge in [-0.15, -0.1) is 0 Å². The molecule has 0 aromatic carbocycles. The Morgan fingerprint density at radius 3 is 1.75 bits per heavy atom. The van der Waals surface area contributed by atoms with Crippen LogP contribution in [0.25, 0.3) is 0 Å². The molecule has 1 atom stereocenters. The topological polar surface area (TPSA) is 27.7 Å². The van der Waals surface area contributed by atoms with Crippen LogP contribution in [-0.2, 0) is 13.3 Å². The molecule has 1 aliphatic carbocycles. The van der Waals surface area contributed by atoms with Crippen molar-refractivity contribution in [2.75, 3.05) is 19.8 Å². The van der Waals surface area contributed by atoms with Crippen LogP contribution in [0.5, 0.6) is 0 Å². The van der Waals surface area contributed by atoms with Gasteiger partial charge in [0, 0.05) is 25.5 Å². The predicted octanol–water partition coefficient (Wildman–Crippen LogP) is 4.62. The van der Waals surface area contributed by atoms with E-state index in [1.807, 2.05) is 0 Å². The first kappa shape index (κ1) is 18.4. The molecule has 5 heteroatoms. The molecule has 0 aromatic heterocycles. The molecule has 20 heavy (non-hydrogen) atoms. The Hall–Kier alpha value is 0.314. The third-order valence-electron chi connectivity index (χ3n) is 4.51. The van der Waals surface area contributed by atoms with Crippen molar-refractivity contribution in [1.29, 1.82) is 0 Å². The zero-order chi connectivity index (χ0) is 15.1. The molecule has 0 radical (unpaired) electrons. The fourth-order valence-corrected chi connectivity index (χ4v) is 15.1. The first-order valence-corrected chi connectivity index (χ1v) is 13.6. The standard InChI is InChI=1S/C15H34O3Si2/c1-6-16-19(4,15-12-10-9-11-13-15)14-20(5,17-7-2)18-8-3/h15H,6-14H2,1-5H3. The third kappa shape index (κ3) is 5.26. The summed E-state index contributed by atoms with van der Waals surface area (Å²) in [6.07, 6.45) is 6.86. The van der Waals surface area contributed by atoms with Gasteiger partial charge in [0.2, 0.25) is 0 Å². The molecule has 1 unspecified atom stereocenters. The van der Waals surface area contributed by atoms with E-state index in [1.165, 1.54) is 32.1 Å². The van der Waals surface area contributed by atoms with E-state index >= 15 is 0 Å². The maximum atomic E-state index is 6.37. The summed E-state index contributed by atoms with van der Waals surface area (Å²) in [4.78, 5) is 0. The van der Waals surface area contributed by atoms with Crippen molar-refractivity contribution in [3.8, 4) is 0 Å². The van der Waals surface area contributed by atoms with E-state index in [2.05, 4.69) is 33.9 Å². The molecule has 1 fully saturated rings. The van der Waals surface area contributed by atoms with Crippen LogP contribution < -0.4 is 0 Å². The number of hydrogen-bond acceptors (Lipinski definition) is 3. The maximum absolute atomic E-state index is 6.37. The summed E-state index contributed by atoms with van der Waals surface area (Å²) in [5, 5.41) is 0. The van der Waals surface area contributed by atoms with Crippen LogP contribution in [0.4, 0.5) is 0 Å². The molecular weight excluding hydrogens is 284 g/mol. The Balaban J connectivity index is 2.81. The monoisotopic (exact) mass is 318 g/mol. The van der Waals surface area contributed by atoms with Crippen LogP contribution in [0, 0.1) is 0 Å². The van der Waals surface area contributed by atoms with E-state index < -0.39 is 16.9 Å². The van der Waals surface area contributed by atoms with Gasteiger partial charge in [0.05, 0.1) is 0 Å². The minimum absolute atomic E-state index is 0.754. The summed E-state index contributed by atoms with van der Waals surface area (Å²) in [7, 11) is -3.82. The van der Waals surface area contributed by atoms with Gasteiger partial charge in [0.15, 0.2) is 8.32 Å². The van der Waals surface area contributed by atoms with Gasteiger partial charge in [0.1, 0.15) is 0 Å². The molecule has 0 spiro atoms. The molecule has 1 aliphatic rings. The van der Waals surface area contributed by atoms with Crippen LogP contribution in [0.15, 0.2) is 0 Å². The van der Waals surface area contributed by atoms with Gasteiger partial charge in [-0.25, -0.2) is 0 Å². The fourth-order valence-electron chi connectivity index (χ4n) is 3.75. The smallest absolute Gasteiger partial charge is 0.334 e. The summed E-state index contributed by atoms with van der Waals surface area (Å²) >= 11 is 0. The molecule has 0 heterocycles. The molecule has 0 aliphatic heterocycles. The lowest BCUT2D eigenvalue weighted by Crippen LogP contribution is -2.52. The van der Waals surface area contributed by atoms with Crippen molar-refractivity contribution in [2.45, 2.75) is 77.2 Å². The second-order valence-electron chi connectivity index (χ2n) is 6.26. The van der Waals surface area contributed by atoms with Gasteiger partial charge in [-0.05, 0) is 39.4 Å². The molecule has 0 amide bonds. The van der Waals surface area contributed by atoms with E-state index in [4.69, 9.17) is 13.3 Å². The van der Waals surface area contributed by atoms with Crippen LogP contribution in [0.1, 0.15) is 52.9 Å². The SMILES string of the molecule is CCO[Si](C)(C[Si](C)(OCC)C1CCCCC1)OCC. The lowest BCUT2D eigenvalue weighted by atomic mass is 10.0. The normalized spacial score (nSPS) is 20.9. The minimum Gasteiger partial charge on any atom is -0.417 e. The maximum Gasteiger partial charge on any atom is 0.334 e. The van der Waals surface area contributed by atoms with Gasteiger partial charge in [0.25, 0.3) is 0 Å². The highest BCUT2D eigenvalue weighted by molar-refractivity contribution is 6.88. The number of rotatable bonds is 9. The van der Waals surface area contributed by atoms with Gasteiger partial charge in [-0.2, -0.15) is 0 Å².